The molecule has 0 spiro atoms. The zero-order valence-corrected chi connectivity index (χ0v) is 17.4. The lowest BCUT2D eigenvalue weighted by atomic mass is 10.1. The third kappa shape index (κ3) is 4.53. The van der Waals surface area contributed by atoms with E-state index < -0.39 is 0 Å². The molecule has 0 aromatic carbocycles. The number of nitrogens with zero attached hydrogens (tertiary/aromatic N) is 5. The highest BCUT2D eigenvalue weighted by atomic mass is 32.1. The second kappa shape index (κ2) is 7.67. The van der Waals surface area contributed by atoms with E-state index in [9.17, 15) is 0 Å². The van der Waals surface area contributed by atoms with E-state index >= 15 is 0 Å². The van der Waals surface area contributed by atoms with Gasteiger partial charge in [-0.2, -0.15) is 4.98 Å². The Kier molecular flexibility index (Phi) is 4.87. The van der Waals surface area contributed by atoms with Crippen LogP contribution >= 0.6 is 11.3 Å². The maximum atomic E-state index is 5.99. The van der Waals surface area contributed by atoms with Gasteiger partial charge in [-0.05, 0) is 50.7 Å². The SMILES string of the molecule is Cc1nc(NCc2nnc(C)s2)cc(OCC2CC2c2ccc(C3CC3)cn2)n1. The standard InChI is InChI=1S/C21H24N6OS/c1-12-24-19(23-10-21-27-26-13(2)29-21)8-20(25-12)28-11-16-7-17(16)18-6-5-15(9-22-18)14-3-4-14/h5-6,8-9,14,16-17H,3-4,7,10-11H2,1-2H3,(H,23,24,25). The van der Waals surface area contributed by atoms with Crippen LogP contribution < -0.4 is 10.1 Å². The molecule has 29 heavy (non-hydrogen) atoms. The Morgan fingerprint density at radius 2 is 2.07 bits per heavy atom. The maximum Gasteiger partial charge on any atom is 0.218 e. The number of aryl methyl sites for hydroxylation is 2. The second-order valence-corrected chi connectivity index (χ2v) is 9.18. The molecule has 0 aliphatic heterocycles. The topological polar surface area (TPSA) is 85.7 Å². The fraction of sp³-hybridized carbons (Fsp3) is 0.476. The number of pyridine rings is 1. The predicted octanol–water partition coefficient (Wildman–Crippen LogP) is 4.01. The van der Waals surface area contributed by atoms with Crippen LogP contribution in [0.5, 0.6) is 5.88 Å². The summed E-state index contributed by atoms with van der Waals surface area (Å²) in [6, 6.07) is 6.30. The molecule has 2 saturated carbocycles. The smallest absolute Gasteiger partial charge is 0.218 e. The lowest BCUT2D eigenvalue weighted by molar-refractivity contribution is 0.284. The van der Waals surface area contributed by atoms with Gasteiger partial charge >= 0.3 is 0 Å². The largest absolute Gasteiger partial charge is 0.477 e. The molecular weight excluding hydrogens is 384 g/mol. The van der Waals surface area contributed by atoms with E-state index in [4.69, 9.17) is 4.74 Å². The number of ether oxygens (including phenoxy) is 1. The Balaban J connectivity index is 1.15. The molecule has 2 aliphatic carbocycles. The highest BCUT2D eigenvalue weighted by Crippen LogP contribution is 2.47. The van der Waals surface area contributed by atoms with Crippen LogP contribution in [0.15, 0.2) is 24.4 Å². The molecule has 2 fully saturated rings. The number of rotatable bonds is 8. The summed E-state index contributed by atoms with van der Waals surface area (Å²) in [6.45, 7) is 5.07. The lowest BCUT2D eigenvalue weighted by Gasteiger charge is -2.09. The molecule has 2 unspecified atom stereocenters. The van der Waals surface area contributed by atoms with Gasteiger partial charge in [0.05, 0.1) is 13.2 Å². The molecule has 2 atom stereocenters. The molecule has 3 aromatic heterocycles. The van der Waals surface area contributed by atoms with Gasteiger partial charge in [0.15, 0.2) is 0 Å². The van der Waals surface area contributed by atoms with Gasteiger partial charge in [0.1, 0.15) is 21.7 Å². The lowest BCUT2D eigenvalue weighted by Crippen LogP contribution is -2.07. The van der Waals surface area contributed by atoms with Crippen LogP contribution in [0.4, 0.5) is 5.82 Å². The third-order valence-electron chi connectivity index (χ3n) is 5.41. The van der Waals surface area contributed by atoms with Crippen LogP contribution in [0.2, 0.25) is 0 Å². The zero-order valence-electron chi connectivity index (χ0n) is 16.6. The Morgan fingerprint density at radius 3 is 2.79 bits per heavy atom. The van der Waals surface area contributed by atoms with Crippen molar-refractivity contribution < 1.29 is 4.74 Å². The van der Waals surface area contributed by atoms with E-state index in [-0.39, 0.29) is 0 Å². The average molecular weight is 409 g/mol. The second-order valence-electron chi connectivity index (χ2n) is 7.91. The minimum atomic E-state index is 0.504. The molecule has 2 aliphatic rings. The molecule has 5 rings (SSSR count). The van der Waals surface area contributed by atoms with Crippen molar-refractivity contribution in [3.63, 3.8) is 0 Å². The summed E-state index contributed by atoms with van der Waals surface area (Å²) in [6.07, 6.45) is 5.82. The molecular formula is C21H24N6OS. The van der Waals surface area contributed by atoms with E-state index in [1.165, 1.54) is 24.1 Å². The number of aromatic nitrogens is 5. The van der Waals surface area contributed by atoms with Crippen LogP contribution in [0.1, 0.15) is 58.2 Å². The van der Waals surface area contributed by atoms with Gasteiger partial charge in [-0.15, -0.1) is 10.2 Å². The van der Waals surface area contributed by atoms with Gasteiger partial charge in [0, 0.05) is 29.8 Å². The van der Waals surface area contributed by atoms with Crippen LogP contribution in [0.25, 0.3) is 0 Å². The van der Waals surface area contributed by atoms with Gasteiger partial charge in [-0.25, -0.2) is 4.98 Å². The number of nitrogens with one attached hydrogen (secondary N) is 1. The fourth-order valence-corrected chi connectivity index (χ4v) is 4.21. The Bertz CT molecular complexity index is 1000. The Labute approximate surface area is 174 Å². The van der Waals surface area contributed by atoms with Gasteiger partial charge in [-0.3, -0.25) is 4.98 Å². The van der Waals surface area contributed by atoms with Crippen molar-refractivity contribution in [3.05, 3.63) is 51.5 Å². The minimum Gasteiger partial charge on any atom is -0.477 e. The van der Waals surface area contributed by atoms with Crippen LogP contribution in [-0.2, 0) is 6.54 Å². The van der Waals surface area contributed by atoms with Crippen molar-refractivity contribution in [3.8, 4) is 5.88 Å². The van der Waals surface area contributed by atoms with Gasteiger partial charge < -0.3 is 10.1 Å². The average Bonchev–Trinajstić information content (AvgIpc) is 3.63. The fourth-order valence-electron chi connectivity index (χ4n) is 3.56. The maximum absolute atomic E-state index is 5.99. The summed E-state index contributed by atoms with van der Waals surface area (Å²) in [5, 5.41) is 13.3. The van der Waals surface area contributed by atoms with Crippen LogP contribution in [-0.4, -0.2) is 31.8 Å². The van der Waals surface area contributed by atoms with Gasteiger partial charge in [0.25, 0.3) is 0 Å². The summed E-state index contributed by atoms with van der Waals surface area (Å²) < 4.78 is 5.99. The Hall–Kier alpha value is -2.61. The van der Waals surface area contributed by atoms with Crippen molar-refractivity contribution in [1.29, 1.82) is 0 Å². The summed E-state index contributed by atoms with van der Waals surface area (Å²) in [5.74, 6) is 3.80. The van der Waals surface area contributed by atoms with E-state index in [1.807, 2.05) is 19.9 Å². The molecule has 8 heteroatoms. The summed E-state index contributed by atoms with van der Waals surface area (Å²) in [5.41, 5.74) is 2.58. The number of hydrogen-bond acceptors (Lipinski definition) is 8. The minimum absolute atomic E-state index is 0.504. The van der Waals surface area contributed by atoms with Gasteiger partial charge in [-0.1, -0.05) is 17.4 Å². The zero-order chi connectivity index (χ0) is 19.8. The Morgan fingerprint density at radius 1 is 1.17 bits per heavy atom. The third-order valence-corrected chi connectivity index (χ3v) is 6.25. The van der Waals surface area contributed by atoms with E-state index in [1.54, 1.807) is 11.3 Å². The van der Waals surface area contributed by atoms with Crippen molar-refractivity contribution in [1.82, 2.24) is 25.1 Å². The highest BCUT2D eigenvalue weighted by Gasteiger charge is 2.40. The van der Waals surface area contributed by atoms with Gasteiger partial charge in [0.2, 0.25) is 5.88 Å². The monoisotopic (exact) mass is 408 g/mol. The molecule has 0 saturated heterocycles. The van der Waals surface area contributed by atoms with E-state index in [0.29, 0.717) is 36.7 Å². The molecule has 150 valence electrons. The van der Waals surface area contributed by atoms with Crippen molar-refractivity contribution in [2.75, 3.05) is 11.9 Å². The molecule has 0 radical (unpaired) electrons. The normalized spacial score (nSPS) is 20.5. The summed E-state index contributed by atoms with van der Waals surface area (Å²) in [4.78, 5) is 13.5. The number of hydrogen-bond donors (Lipinski definition) is 1. The first-order chi connectivity index (χ1) is 14.1. The summed E-state index contributed by atoms with van der Waals surface area (Å²) >= 11 is 1.58. The molecule has 7 nitrogen and oxygen atoms in total. The summed E-state index contributed by atoms with van der Waals surface area (Å²) in [7, 11) is 0. The molecule has 0 bridgehead atoms. The molecule has 3 heterocycles. The molecule has 0 amide bonds. The molecule has 1 N–H and O–H groups in total. The van der Waals surface area contributed by atoms with Crippen LogP contribution in [0, 0.1) is 19.8 Å². The van der Waals surface area contributed by atoms with Crippen molar-refractivity contribution in [2.24, 2.45) is 5.92 Å². The number of anilines is 1. The first-order valence-electron chi connectivity index (χ1n) is 10.1. The predicted molar refractivity (Wildman–Crippen MR) is 111 cm³/mol. The quantitative estimate of drug-likeness (QED) is 0.602. The molecule has 3 aromatic rings. The first kappa shape index (κ1) is 18.4. The van der Waals surface area contributed by atoms with Crippen LogP contribution in [0.3, 0.4) is 0 Å². The van der Waals surface area contributed by atoms with Crippen molar-refractivity contribution >= 4 is 17.2 Å². The highest BCUT2D eigenvalue weighted by molar-refractivity contribution is 7.11. The van der Waals surface area contributed by atoms with E-state index in [0.717, 1.165) is 28.2 Å². The van der Waals surface area contributed by atoms with E-state index in [2.05, 4.69) is 48.8 Å². The first-order valence-corrected chi connectivity index (χ1v) is 10.9. The van der Waals surface area contributed by atoms with Crippen molar-refractivity contribution in [2.45, 2.75) is 51.5 Å².